The van der Waals surface area contributed by atoms with Crippen molar-refractivity contribution in [3.63, 3.8) is 0 Å². The minimum atomic E-state index is 0.313. The Morgan fingerprint density at radius 1 is 1.37 bits per heavy atom. The summed E-state index contributed by atoms with van der Waals surface area (Å²) in [6.07, 6.45) is 0. The molecule has 1 aromatic carbocycles. The second-order valence-corrected chi connectivity index (χ2v) is 6.32. The van der Waals surface area contributed by atoms with Crippen LogP contribution in [-0.2, 0) is 6.54 Å². The molecule has 0 amide bonds. The summed E-state index contributed by atoms with van der Waals surface area (Å²) in [6.45, 7) is 12.7. The van der Waals surface area contributed by atoms with Crippen molar-refractivity contribution in [1.82, 2.24) is 5.32 Å². The molecule has 1 aliphatic heterocycles. The van der Waals surface area contributed by atoms with Gasteiger partial charge in [0, 0.05) is 25.2 Å². The van der Waals surface area contributed by atoms with Crippen molar-refractivity contribution in [2.75, 3.05) is 25.0 Å². The van der Waals surface area contributed by atoms with Crippen LogP contribution in [0.4, 0.5) is 5.69 Å². The Morgan fingerprint density at radius 2 is 2.16 bits per heavy atom. The van der Waals surface area contributed by atoms with E-state index in [9.17, 15) is 0 Å². The molecular weight excluding hydrogens is 236 g/mol. The van der Waals surface area contributed by atoms with Gasteiger partial charge in [0.1, 0.15) is 12.4 Å². The van der Waals surface area contributed by atoms with Gasteiger partial charge in [-0.25, -0.2) is 0 Å². The van der Waals surface area contributed by atoms with Gasteiger partial charge in [-0.15, -0.1) is 0 Å². The monoisotopic (exact) mass is 262 g/mol. The van der Waals surface area contributed by atoms with Crippen LogP contribution in [0.1, 0.15) is 33.3 Å². The Balaban J connectivity index is 1.97. The molecule has 0 bridgehead atoms. The van der Waals surface area contributed by atoms with Crippen LogP contribution in [0.25, 0.3) is 0 Å². The number of fused-ring (bicyclic) bond motifs is 1. The van der Waals surface area contributed by atoms with Crippen molar-refractivity contribution < 1.29 is 4.74 Å². The lowest BCUT2D eigenvalue weighted by Crippen LogP contribution is -2.33. The quantitative estimate of drug-likeness (QED) is 0.854. The zero-order valence-electron chi connectivity index (χ0n) is 12.5. The summed E-state index contributed by atoms with van der Waals surface area (Å²) in [5.41, 5.74) is 2.67. The molecule has 19 heavy (non-hydrogen) atoms. The molecule has 0 aromatic heterocycles. The highest BCUT2D eigenvalue weighted by Gasteiger charge is 2.22. The van der Waals surface area contributed by atoms with Crippen LogP contribution in [0, 0.1) is 11.3 Å². The van der Waals surface area contributed by atoms with E-state index in [1.165, 1.54) is 5.56 Å². The average molecular weight is 262 g/mol. The van der Waals surface area contributed by atoms with Gasteiger partial charge in [0.15, 0.2) is 0 Å². The molecule has 0 atom stereocenters. The van der Waals surface area contributed by atoms with Crippen LogP contribution in [0.3, 0.4) is 0 Å². The van der Waals surface area contributed by atoms with Crippen molar-refractivity contribution in [1.29, 1.82) is 0 Å². The first-order valence-electron chi connectivity index (χ1n) is 7.20. The maximum Gasteiger partial charge on any atom is 0.146 e. The van der Waals surface area contributed by atoms with E-state index in [-0.39, 0.29) is 0 Å². The first-order chi connectivity index (χ1) is 9.00. The number of rotatable bonds is 5. The summed E-state index contributed by atoms with van der Waals surface area (Å²) >= 11 is 0. The van der Waals surface area contributed by atoms with E-state index in [1.54, 1.807) is 0 Å². The molecule has 2 N–H and O–H groups in total. The molecule has 0 fully saturated rings. The van der Waals surface area contributed by atoms with E-state index in [0.717, 1.165) is 37.7 Å². The van der Waals surface area contributed by atoms with Gasteiger partial charge in [0.05, 0.1) is 5.69 Å². The number of benzene rings is 1. The van der Waals surface area contributed by atoms with Gasteiger partial charge >= 0.3 is 0 Å². The zero-order valence-corrected chi connectivity index (χ0v) is 12.5. The third-order valence-electron chi connectivity index (χ3n) is 4.22. The van der Waals surface area contributed by atoms with Gasteiger partial charge in [-0.05, 0) is 17.4 Å². The van der Waals surface area contributed by atoms with E-state index in [4.69, 9.17) is 4.74 Å². The fourth-order valence-corrected chi connectivity index (χ4v) is 2.10. The molecule has 0 saturated heterocycles. The summed E-state index contributed by atoms with van der Waals surface area (Å²) < 4.78 is 5.78. The first-order valence-corrected chi connectivity index (χ1v) is 7.20. The lowest BCUT2D eigenvalue weighted by Gasteiger charge is -2.30. The average Bonchev–Trinajstić information content (AvgIpc) is 2.38. The highest BCUT2D eigenvalue weighted by molar-refractivity contribution is 5.61. The molecule has 1 heterocycles. The second-order valence-electron chi connectivity index (χ2n) is 6.32. The lowest BCUT2D eigenvalue weighted by molar-refractivity contribution is 0.237. The minimum Gasteiger partial charge on any atom is -0.489 e. The smallest absolute Gasteiger partial charge is 0.146 e. The predicted octanol–water partition coefficient (Wildman–Crippen LogP) is 3.26. The van der Waals surface area contributed by atoms with Gasteiger partial charge < -0.3 is 15.4 Å². The highest BCUT2D eigenvalue weighted by Crippen LogP contribution is 2.31. The van der Waals surface area contributed by atoms with Crippen LogP contribution in [-0.4, -0.2) is 19.7 Å². The third kappa shape index (κ3) is 3.41. The maximum atomic E-state index is 5.78. The van der Waals surface area contributed by atoms with Crippen molar-refractivity contribution in [3.05, 3.63) is 23.8 Å². The summed E-state index contributed by atoms with van der Waals surface area (Å²) in [4.78, 5) is 0. The molecule has 1 aromatic rings. The molecule has 0 radical (unpaired) electrons. The molecule has 0 spiro atoms. The Bertz CT molecular complexity index is 427. The normalized spacial score (nSPS) is 14.8. The van der Waals surface area contributed by atoms with E-state index in [2.05, 4.69) is 56.5 Å². The number of ether oxygens (including phenoxy) is 1. The highest BCUT2D eigenvalue weighted by atomic mass is 16.5. The van der Waals surface area contributed by atoms with Crippen LogP contribution in [0.5, 0.6) is 5.75 Å². The molecule has 3 heteroatoms. The second kappa shape index (κ2) is 5.83. The number of anilines is 1. The largest absolute Gasteiger partial charge is 0.489 e. The fraction of sp³-hybridized carbons (Fsp3) is 0.625. The van der Waals surface area contributed by atoms with Gasteiger partial charge in [-0.3, -0.25) is 0 Å². The van der Waals surface area contributed by atoms with E-state index < -0.39 is 0 Å². The summed E-state index contributed by atoms with van der Waals surface area (Å²) in [5, 5.41) is 6.94. The number of para-hydroxylation sites is 1. The van der Waals surface area contributed by atoms with Gasteiger partial charge in [0.2, 0.25) is 0 Å². The Morgan fingerprint density at radius 3 is 2.89 bits per heavy atom. The molecule has 0 aliphatic carbocycles. The van der Waals surface area contributed by atoms with Crippen LogP contribution in [0.2, 0.25) is 0 Å². The number of nitrogens with one attached hydrogen (secondary N) is 2. The molecule has 0 saturated carbocycles. The van der Waals surface area contributed by atoms with Crippen molar-refractivity contribution in [3.8, 4) is 5.75 Å². The molecule has 0 unspecified atom stereocenters. The van der Waals surface area contributed by atoms with Crippen molar-refractivity contribution in [2.24, 2.45) is 11.3 Å². The Kier molecular flexibility index (Phi) is 4.35. The Labute approximate surface area is 116 Å². The third-order valence-corrected chi connectivity index (χ3v) is 4.22. The summed E-state index contributed by atoms with van der Waals surface area (Å²) in [5.74, 6) is 1.69. The van der Waals surface area contributed by atoms with Crippen LogP contribution in [0.15, 0.2) is 18.2 Å². The fourth-order valence-electron chi connectivity index (χ4n) is 2.10. The van der Waals surface area contributed by atoms with Crippen molar-refractivity contribution in [2.45, 2.75) is 34.2 Å². The van der Waals surface area contributed by atoms with E-state index >= 15 is 0 Å². The molecule has 106 valence electrons. The maximum absolute atomic E-state index is 5.78. The van der Waals surface area contributed by atoms with E-state index in [1.807, 2.05) is 0 Å². The van der Waals surface area contributed by atoms with Gasteiger partial charge in [0.25, 0.3) is 0 Å². The molecule has 1 aliphatic rings. The number of hydrogen-bond acceptors (Lipinski definition) is 3. The standard InChI is InChI=1S/C16H26N2O/c1-12(2)16(3,4)11-17-10-13-6-5-7-14-15(13)19-9-8-18-14/h5-7,12,17-18H,8-11H2,1-4H3. The first kappa shape index (κ1) is 14.2. The van der Waals surface area contributed by atoms with Gasteiger partial charge in [-0.2, -0.15) is 0 Å². The van der Waals surface area contributed by atoms with Gasteiger partial charge in [-0.1, -0.05) is 39.8 Å². The van der Waals surface area contributed by atoms with Crippen LogP contribution < -0.4 is 15.4 Å². The SMILES string of the molecule is CC(C)C(C)(C)CNCc1cccc2c1OCCN2. The van der Waals surface area contributed by atoms with E-state index in [0.29, 0.717) is 11.3 Å². The summed E-state index contributed by atoms with van der Waals surface area (Å²) in [6, 6.07) is 6.31. The lowest BCUT2D eigenvalue weighted by atomic mass is 9.81. The van der Waals surface area contributed by atoms with Crippen molar-refractivity contribution >= 4 is 5.69 Å². The Hall–Kier alpha value is -1.22. The topological polar surface area (TPSA) is 33.3 Å². The molecule has 3 nitrogen and oxygen atoms in total. The zero-order chi connectivity index (χ0) is 13.9. The number of hydrogen-bond donors (Lipinski definition) is 2. The minimum absolute atomic E-state index is 0.313. The summed E-state index contributed by atoms with van der Waals surface area (Å²) in [7, 11) is 0. The van der Waals surface area contributed by atoms with Crippen LogP contribution >= 0.6 is 0 Å². The molecular formula is C16H26N2O. The molecule has 2 rings (SSSR count). The predicted molar refractivity (Wildman–Crippen MR) is 80.8 cm³/mol.